The van der Waals surface area contributed by atoms with Crippen LogP contribution in [0.5, 0.6) is 0 Å². The fourth-order valence-corrected chi connectivity index (χ4v) is 2.94. The van der Waals surface area contributed by atoms with Crippen molar-refractivity contribution in [3.05, 3.63) is 56.8 Å². The van der Waals surface area contributed by atoms with Crippen LogP contribution in [0.4, 0.5) is 0 Å². The Hall–Kier alpha value is -1.90. The molecule has 2 aromatic carbocycles. The van der Waals surface area contributed by atoms with Crippen LogP contribution >= 0.6 is 28.1 Å². The zero-order valence-corrected chi connectivity index (χ0v) is 13.0. The van der Waals surface area contributed by atoms with Crippen molar-refractivity contribution in [2.45, 2.75) is 6.92 Å². The van der Waals surface area contributed by atoms with E-state index in [2.05, 4.69) is 27.0 Å². The van der Waals surface area contributed by atoms with E-state index in [-0.39, 0.29) is 0 Å². The van der Waals surface area contributed by atoms with Gasteiger partial charge >= 0.3 is 0 Å². The Kier molecular flexibility index (Phi) is 3.20. The van der Waals surface area contributed by atoms with E-state index in [4.69, 9.17) is 12.2 Å². The van der Waals surface area contributed by atoms with Crippen molar-refractivity contribution in [1.82, 2.24) is 9.55 Å². The number of hydrogen-bond acceptors (Lipinski definition) is 2. The summed E-state index contributed by atoms with van der Waals surface area (Å²) >= 11 is 8.88. The molecule has 3 aromatic rings. The van der Waals surface area contributed by atoms with E-state index < -0.39 is 0 Å². The van der Waals surface area contributed by atoms with E-state index in [0.717, 1.165) is 26.8 Å². The quantitative estimate of drug-likeness (QED) is 0.654. The molecule has 20 heavy (non-hydrogen) atoms. The largest absolute Gasteiger partial charge is 0.330 e. The van der Waals surface area contributed by atoms with E-state index >= 15 is 0 Å². The number of nitrogens with zero attached hydrogens (tertiary/aromatic N) is 2. The summed E-state index contributed by atoms with van der Waals surface area (Å²) in [6, 6.07) is 13.8. The summed E-state index contributed by atoms with van der Waals surface area (Å²) in [4.78, 5) is 3.22. The van der Waals surface area contributed by atoms with Crippen LogP contribution in [-0.2, 0) is 0 Å². The van der Waals surface area contributed by atoms with Crippen LogP contribution in [0.1, 0.15) is 11.1 Å². The molecule has 1 N–H and O–H groups in total. The normalized spacial score (nSPS) is 10.7. The molecular formula is C15H10BrN3S. The molecule has 0 atom stereocenters. The van der Waals surface area contributed by atoms with Crippen LogP contribution in [-0.4, -0.2) is 9.55 Å². The van der Waals surface area contributed by atoms with E-state index in [9.17, 15) is 5.26 Å². The molecule has 3 nitrogen and oxygen atoms in total. The highest BCUT2D eigenvalue weighted by atomic mass is 79.9. The summed E-state index contributed by atoms with van der Waals surface area (Å²) in [5, 5.41) is 9.30. The number of aryl methyl sites for hydroxylation is 1. The lowest BCUT2D eigenvalue weighted by molar-refractivity contribution is 1.06. The Balaban J connectivity index is 2.45. The minimum atomic E-state index is 0.587. The summed E-state index contributed by atoms with van der Waals surface area (Å²) in [5.74, 6) is 0. The second kappa shape index (κ2) is 4.89. The number of rotatable bonds is 1. The third kappa shape index (κ3) is 1.98. The molecule has 0 spiro atoms. The first-order valence-electron chi connectivity index (χ1n) is 6.02. The van der Waals surface area contributed by atoms with E-state index in [1.54, 1.807) is 6.07 Å². The van der Waals surface area contributed by atoms with Crippen molar-refractivity contribution < 1.29 is 0 Å². The van der Waals surface area contributed by atoms with Crippen molar-refractivity contribution in [1.29, 1.82) is 5.26 Å². The first-order valence-corrected chi connectivity index (χ1v) is 7.22. The van der Waals surface area contributed by atoms with Crippen LogP contribution in [0.15, 0.2) is 40.9 Å². The molecule has 0 aliphatic heterocycles. The fourth-order valence-electron chi connectivity index (χ4n) is 2.30. The number of aromatic amines is 1. The minimum absolute atomic E-state index is 0.587. The zero-order chi connectivity index (χ0) is 14.3. The number of aromatic nitrogens is 2. The van der Waals surface area contributed by atoms with Crippen molar-refractivity contribution >= 4 is 39.2 Å². The van der Waals surface area contributed by atoms with Gasteiger partial charge in [-0.25, -0.2) is 0 Å². The third-order valence-electron chi connectivity index (χ3n) is 3.25. The maximum Gasteiger partial charge on any atom is 0.182 e. The van der Waals surface area contributed by atoms with Gasteiger partial charge in [0.25, 0.3) is 0 Å². The maximum atomic E-state index is 9.30. The van der Waals surface area contributed by atoms with Crippen molar-refractivity contribution in [3.8, 4) is 11.8 Å². The minimum Gasteiger partial charge on any atom is -0.330 e. The molecule has 0 radical (unpaired) electrons. The molecule has 0 bridgehead atoms. The summed E-state index contributed by atoms with van der Waals surface area (Å²) in [5.41, 5.74) is 4.47. The highest BCUT2D eigenvalue weighted by Crippen LogP contribution is 2.26. The summed E-state index contributed by atoms with van der Waals surface area (Å²) in [6.45, 7) is 2.03. The Morgan fingerprint density at radius 3 is 2.85 bits per heavy atom. The average Bonchev–Trinajstić information content (AvgIpc) is 2.76. The molecule has 3 rings (SSSR count). The van der Waals surface area contributed by atoms with Crippen molar-refractivity contribution in [2.75, 3.05) is 0 Å². The highest BCUT2D eigenvalue weighted by molar-refractivity contribution is 9.10. The summed E-state index contributed by atoms with van der Waals surface area (Å²) in [7, 11) is 0. The van der Waals surface area contributed by atoms with Crippen molar-refractivity contribution in [3.63, 3.8) is 0 Å². The molecule has 0 amide bonds. The van der Waals surface area contributed by atoms with Crippen LogP contribution in [0.3, 0.4) is 0 Å². The second-order valence-corrected chi connectivity index (χ2v) is 5.81. The van der Waals surface area contributed by atoms with Gasteiger partial charge in [-0.1, -0.05) is 28.1 Å². The first-order chi connectivity index (χ1) is 9.61. The average molecular weight is 344 g/mol. The number of H-pyrrole nitrogens is 1. The lowest BCUT2D eigenvalue weighted by Gasteiger charge is -2.07. The van der Waals surface area contributed by atoms with Gasteiger partial charge in [0.05, 0.1) is 22.3 Å². The third-order valence-corrected chi connectivity index (χ3v) is 4.03. The number of nitriles is 1. The second-order valence-electron chi connectivity index (χ2n) is 4.51. The Labute approximate surface area is 129 Å². The number of halogens is 1. The molecule has 0 fully saturated rings. The number of nitrogens with one attached hydrogen (secondary N) is 1. The number of benzene rings is 2. The SMILES string of the molecule is Cc1cccc2c1[nH]c(=S)n2-c1cc(Br)ccc1C#N. The van der Waals surface area contributed by atoms with Gasteiger partial charge in [-0.05, 0) is 49.0 Å². The van der Waals surface area contributed by atoms with Gasteiger partial charge in [0, 0.05) is 4.47 Å². The number of imidazole rings is 1. The van der Waals surface area contributed by atoms with E-state index in [0.29, 0.717) is 10.3 Å². The number of fused-ring (bicyclic) bond motifs is 1. The lowest BCUT2D eigenvalue weighted by Crippen LogP contribution is -1.97. The zero-order valence-electron chi connectivity index (χ0n) is 10.6. The lowest BCUT2D eigenvalue weighted by atomic mass is 10.1. The molecular weight excluding hydrogens is 334 g/mol. The van der Waals surface area contributed by atoms with Gasteiger partial charge in [-0.2, -0.15) is 5.26 Å². The van der Waals surface area contributed by atoms with Gasteiger partial charge in [-0.3, -0.25) is 4.57 Å². The summed E-state index contributed by atoms with van der Waals surface area (Å²) in [6.07, 6.45) is 0. The first kappa shape index (κ1) is 13.1. The highest BCUT2D eigenvalue weighted by Gasteiger charge is 2.12. The fraction of sp³-hybridized carbons (Fsp3) is 0.0667. The molecule has 0 saturated carbocycles. The van der Waals surface area contributed by atoms with Gasteiger partial charge in [0.2, 0.25) is 0 Å². The van der Waals surface area contributed by atoms with Gasteiger partial charge in [0.1, 0.15) is 6.07 Å². The maximum absolute atomic E-state index is 9.30. The van der Waals surface area contributed by atoms with Gasteiger partial charge in [-0.15, -0.1) is 0 Å². The summed E-state index contributed by atoms with van der Waals surface area (Å²) < 4.78 is 3.40. The predicted molar refractivity (Wildman–Crippen MR) is 85.6 cm³/mol. The monoisotopic (exact) mass is 343 g/mol. The number of hydrogen-bond donors (Lipinski definition) is 1. The van der Waals surface area contributed by atoms with Crippen LogP contribution in [0.2, 0.25) is 0 Å². The topological polar surface area (TPSA) is 44.5 Å². The molecule has 1 aromatic heterocycles. The van der Waals surface area contributed by atoms with Gasteiger partial charge in [0.15, 0.2) is 4.77 Å². The predicted octanol–water partition coefficient (Wildman–Crippen LogP) is 4.63. The van der Waals surface area contributed by atoms with Crippen LogP contribution < -0.4 is 0 Å². The molecule has 0 aliphatic carbocycles. The Bertz CT molecular complexity index is 915. The molecule has 5 heteroatoms. The van der Waals surface area contributed by atoms with Crippen molar-refractivity contribution in [2.24, 2.45) is 0 Å². The Morgan fingerprint density at radius 1 is 1.30 bits per heavy atom. The molecule has 98 valence electrons. The molecule has 0 unspecified atom stereocenters. The smallest absolute Gasteiger partial charge is 0.182 e. The molecule has 1 heterocycles. The number of para-hydroxylation sites is 1. The van der Waals surface area contributed by atoms with E-state index in [1.165, 1.54) is 0 Å². The van der Waals surface area contributed by atoms with Gasteiger partial charge < -0.3 is 4.98 Å². The Morgan fingerprint density at radius 2 is 2.10 bits per heavy atom. The standard InChI is InChI=1S/C15H10BrN3S/c1-9-3-2-4-12-14(9)18-15(20)19(12)13-7-11(16)6-5-10(13)8-17/h2-7H,1H3,(H,18,20). The van der Waals surface area contributed by atoms with Crippen LogP contribution in [0.25, 0.3) is 16.7 Å². The van der Waals surface area contributed by atoms with E-state index in [1.807, 2.05) is 41.8 Å². The molecule has 0 saturated heterocycles. The molecule has 0 aliphatic rings. The van der Waals surface area contributed by atoms with Crippen LogP contribution in [0, 0.1) is 23.0 Å².